The van der Waals surface area contributed by atoms with Gasteiger partial charge in [0.05, 0.1) is 6.61 Å². The third-order valence-electron chi connectivity index (χ3n) is 2.29. The third kappa shape index (κ3) is 5.86. The summed E-state index contributed by atoms with van der Waals surface area (Å²) < 4.78 is 11.2. The normalized spacial score (nSPS) is 13.9. The molecule has 0 aromatic carbocycles. The molecule has 0 aliphatic carbocycles. The van der Waals surface area contributed by atoms with Gasteiger partial charge in [-0.1, -0.05) is 0 Å². The van der Waals surface area contributed by atoms with E-state index < -0.39 is 10.0 Å². The highest BCUT2D eigenvalue weighted by Crippen LogP contribution is 2.33. The minimum absolute atomic E-state index is 0.335. The molecule has 0 saturated carbocycles. The molecular formula is C12H23NO2S2. The minimum Gasteiger partial charge on any atom is -0.355 e. The summed E-state index contributed by atoms with van der Waals surface area (Å²) in [5, 5.41) is 2.95. The van der Waals surface area contributed by atoms with Crippen LogP contribution in [0.2, 0.25) is 0 Å². The van der Waals surface area contributed by atoms with Crippen LogP contribution in [0.1, 0.15) is 18.9 Å². The number of aromatic nitrogens is 1. The molecule has 0 bridgehead atoms. The Morgan fingerprint density at radius 2 is 2.06 bits per heavy atom. The summed E-state index contributed by atoms with van der Waals surface area (Å²) in [6.07, 6.45) is 8.67. The van der Waals surface area contributed by atoms with E-state index in [2.05, 4.69) is 23.8 Å². The van der Waals surface area contributed by atoms with Gasteiger partial charge in [0, 0.05) is 17.3 Å². The Kier molecular flexibility index (Phi) is 5.44. The molecule has 100 valence electrons. The lowest BCUT2D eigenvalue weighted by Gasteiger charge is -2.26. The van der Waals surface area contributed by atoms with Gasteiger partial charge in [0.2, 0.25) is 0 Å². The first-order valence-electron chi connectivity index (χ1n) is 5.59. The van der Waals surface area contributed by atoms with Crippen LogP contribution in [0.4, 0.5) is 0 Å². The summed E-state index contributed by atoms with van der Waals surface area (Å²) in [4.78, 5) is 4.27. The summed E-state index contributed by atoms with van der Waals surface area (Å²) in [6, 6.07) is 0. The predicted molar refractivity (Wildman–Crippen MR) is 77.3 cm³/mol. The van der Waals surface area contributed by atoms with E-state index in [-0.39, 0.29) is 5.60 Å². The Morgan fingerprint density at radius 1 is 1.35 bits per heavy atom. The highest BCUT2D eigenvalue weighted by Gasteiger charge is 2.24. The number of hydrogen-bond acceptors (Lipinski definition) is 4. The zero-order valence-electron chi connectivity index (χ0n) is 11.4. The second-order valence-corrected chi connectivity index (χ2v) is 10.8. The molecule has 0 N–H and O–H groups in total. The molecule has 1 heterocycles. The molecule has 0 aliphatic heterocycles. The van der Waals surface area contributed by atoms with Gasteiger partial charge in [0.1, 0.15) is 17.4 Å². The molecule has 1 aromatic heterocycles. The average molecular weight is 277 g/mol. The third-order valence-corrected chi connectivity index (χ3v) is 4.76. The van der Waals surface area contributed by atoms with E-state index in [1.807, 2.05) is 19.2 Å². The van der Waals surface area contributed by atoms with E-state index in [1.165, 1.54) is 0 Å². The monoisotopic (exact) mass is 277 g/mol. The van der Waals surface area contributed by atoms with Crippen molar-refractivity contribution >= 4 is 21.4 Å². The van der Waals surface area contributed by atoms with Crippen LogP contribution in [-0.4, -0.2) is 42.9 Å². The zero-order valence-corrected chi connectivity index (χ0v) is 13.0. The topological polar surface area (TPSA) is 31.4 Å². The lowest BCUT2D eigenvalue weighted by molar-refractivity contribution is -0.128. The van der Waals surface area contributed by atoms with Crippen LogP contribution in [0.3, 0.4) is 0 Å². The maximum atomic E-state index is 5.72. The van der Waals surface area contributed by atoms with Crippen molar-refractivity contribution in [3.63, 3.8) is 0 Å². The Morgan fingerprint density at radius 3 is 2.59 bits per heavy atom. The molecule has 0 radical (unpaired) electrons. The van der Waals surface area contributed by atoms with Crippen LogP contribution in [-0.2, 0) is 15.1 Å². The molecular weight excluding hydrogens is 254 g/mol. The minimum atomic E-state index is -0.474. The second-order valence-electron chi connectivity index (χ2n) is 5.31. The van der Waals surface area contributed by atoms with Crippen molar-refractivity contribution in [3.8, 4) is 0 Å². The van der Waals surface area contributed by atoms with Crippen molar-refractivity contribution in [2.24, 2.45) is 0 Å². The molecule has 1 rings (SSSR count). The van der Waals surface area contributed by atoms with E-state index in [4.69, 9.17) is 9.47 Å². The molecule has 17 heavy (non-hydrogen) atoms. The van der Waals surface area contributed by atoms with Crippen LogP contribution in [0, 0.1) is 0 Å². The van der Waals surface area contributed by atoms with E-state index in [0.717, 1.165) is 17.4 Å². The highest BCUT2D eigenvalue weighted by molar-refractivity contribution is 8.32. The van der Waals surface area contributed by atoms with Gasteiger partial charge in [-0.3, -0.25) is 0 Å². The standard InChI is InChI=1S/C12H23NO2S2/c1-12(2,11-13-6-8-16-11)15-10-14-7-9-17(3,4)5/h6,8H,7,9-10H2,1-5H3. The van der Waals surface area contributed by atoms with Gasteiger partial charge >= 0.3 is 0 Å². The van der Waals surface area contributed by atoms with Crippen LogP contribution in [0.5, 0.6) is 0 Å². The fourth-order valence-electron chi connectivity index (χ4n) is 1.14. The summed E-state index contributed by atoms with van der Waals surface area (Å²) in [7, 11) is -0.474. The fraction of sp³-hybridized carbons (Fsp3) is 0.750. The van der Waals surface area contributed by atoms with Crippen LogP contribution in [0.25, 0.3) is 0 Å². The summed E-state index contributed by atoms with van der Waals surface area (Å²) in [6.45, 7) is 5.14. The Hall–Kier alpha value is -0.100. The highest BCUT2D eigenvalue weighted by atomic mass is 32.3. The Bertz CT molecular complexity index is 318. The molecule has 0 amide bonds. The van der Waals surface area contributed by atoms with Gasteiger partial charge < -0.3 is 9.47 Å². The summed E-state index contributed by atoms with van der Waals surface area (Å²) >= 11 is 1.61. The van der Waals surface area contributed by atoms with Crippen LogP contribution < -0.4 is 0 Å². The van der Waals surface area contributed by atoms with Gasteiger partial charge in [-0.15, -0.1) is 11.3 Å². The molecule has 0 unspecified atom stereocenters. The Balaban J connectivity index is 2.23. The van der Waals surface area contributed by atoms with Gasteiger partial charge in [-0.2, -0.15) is 0 Å². The molecule has 5 heteroatoms. The maximum Gasteiger partial charge on any atom is 0.148 e. The lowest BCUT2D eigenvalue weighted by Crippen LogP contribution is -2.23. The predicted octanol–water partition coefficient (Wildman–Crippen LogP) is 3.06. The van der Waals surface area contributed by atoms with Gasteiger partial charge in [-0.25, -0.2) is 15.0 Å². The van der Waals surface area contributed by atoms with E-state index in [0.29, 0.717) is 6.79 Å². The SMILES string of the molecule is CC(C)(OCOCCS(C)(C)C)c1nccs1. The number of nitrogens with zero attached hydrogens (tertiary/aromatic N) is 1. The molecule has 0 saturated heterocycles. The number of rotatable bonds is 7. The lowest BCUT2D eigenvalue weighted by atomic mass is 10.1. The first-order valence-corrected chi connectivity index (χ1v) is 9.50. The zero-order chi connectivity index (χ0) is 12.9. The first kappa shape index (κ1) is 15.0. The van der Waals surface area contributed by atoms with E-state index in [9.17, 15) is 0 Å². The van der Waals surface area contributed by atoms with E-state index in [1.54, 1.807) is 17.5 Å². The summed E-state index contributed by atoms with van der Waals surface area (Å²) in [5.41, 5.74) is -0.358. The van der Waals surface area contributed by atoms with Gasteiger partial charge in [-0.05, 0) is 32.6 Å². The van der Waals surface area contributed by atoms with Gasteiger partial charge in [0.15, 0.2) is 0 Å². The second kappa shape index (κ2) is 6.18. The van der Waals surface area contributed by atoms with Crippen LogP contribution >= 0.6 is 21.4 Å². The molecule has 3 nitrogen and oxygen atoms in total. The van der Waals surface area contributed by atoms with Crippen LogP contribution in [0.15, 0.2) is 11.6 Å². The number of ether oxygens (including phenoxy) is 2. The smallest absolute Gasteiger partial charge is 0.148 e. The van der Waals surface area contributed by atoms with Crippen molar-refractivity contribution in [2.75, 3.05) is 37.9 Å². The number of thiazole rings is 1. The molecule has 0 spiro atoms. The summed E-state index contributed by atoms with van der Waals surface area (Å²) in [5.74, 6) is 1.12. The molecule has 0 atom stereocenters. The largest absolute Gasteiger partial charge is 0.355 e. The van der Waals surface area contributed by atoms with Crippen molar-refractivity contribution in [1.29, 1.82) is 0 Å². The van der Waals surface area contributed by atoms with Crippen molar-refractivity contribution in [2.45, 2.75) is 19.4 Å². The van der Waals surface area contributed by atoms with Crippen molar-refractivity contribution in [1.82, 2.24) is 4.98 Å². The quantitative estimate of drug-likeness (QED) is 0.567. The molecule has 0 fully saturated rings. The maximum absolute atomic E-state index is 5.72. The van der Waals surface area contributed by atoms with Crippen molar-refractivity contribution < 1.29 is 9.47 Å². The van der Waals surface area contributed by atoms with Crippen molar-refractivity contribution in [3.05, 3.63) is 16.6 Å². The molecule has 0 aliphatic rings. The average Bonchev–Trinajstić information content (AvgIpc) is 2.68. The Labute approximate surface area is 110 Å². The molecule has 1 aromatic rings. The fourth-order valence-corrected chi connectivity index (χ4v) is 2.47. The van der Waals surface area contributed by atoms with Gasteiger partial charge in [0.25, 0.3) is 0 Å². The number of hydrogen-bond donors (Lipinski definition) is 0. The first-order chi connectivity index (χ1) is 7.81. The van der Waals surface area contributed by atoms with E-state index >= 15 is 0 Å².